The van der Waals surface area contributed by atoms with E-state index in [4.69, 9.17) is 4.74 Å². The number of rotatable bonds is 10. The van der Waals surface area contributed by atoms with Crippen molar-refractivity contribution < 1.29 is 14.3 Å². The van der Waals surface area contributed by atoms with Crippen molar-refractivity contribution in [1.29, 1.82) is 0 Å². The van der Waals surface area contributed by atoms with Crippen molar-refractivity contribution >= 4 is 45.9 Å². The fourth-order valence-corrected chi connectivity index (χ4v) is 4.86. The normalized spacial score (nSPS) is 10.9. The van der Waals surface area contributed by atoms with Gasteiger partial charge in [-0.25, -0.2) is 10.4 Å². The largest absolute Gasteiger partial charge is 0.483 e. The summed E-state index contributed by atoms with van der Waals surface area (Å²) < 4.78 is 5.74. The molecule has 0 aliphatic rings. The Kier molecular flexibility index (Phi) is 9.23. The molecule has 0 bridgehead atoms. The number of para-hydroxylation sites is 1. The highest BCUT2D eigenvalue weighted by atomic mass is 32.1. The Morgan fingerprint density at radius 2 is 1.63 bits per heavy atom. The van der Waals surface area contributed by atoms with Crippen molar-refractivity contribution in [3.8, 4) is 17.0 Å². The molecular weight excluding hydrogens is 558 g/mol. The highest BCUT2D eigenvalue weighted by molar-refractivity contribution is 7.14. The smallest absolute Gasteiger partial charge is 0.271 e. The topological polar surface area (TPSA) is 105 Å². The highest BCUT2D eigenvalue weighted by Gasteiger charge is 2.10. The number of carbonyl (C=O) groups is 2. The number of amides is 2. The molecule has 3 N–H and O–H groups in total. The first-order valence-electron chi connectivity index (χ1n) is 13.7. The molecule has 2 amide bonds. The second-order valence-corrected chi connectivity index (χ2v) is 10.8. The number of hydrazone groups is 1. The Morgan fingerprint density at radius 3 is 2.40 bits per heavy atom. The molecule has 0 spiro atoms. The molecule has 1 heterocycles. The third-order valence-electron chi connectivity index (χ3n) is 6.69. The van der Waals surface area contributed by atoms with Crippen molar-refractivity contribution in [3.63, 3.8) is 0 Å². The number of hydrogen-bond acceptors (Lipinski definition) is 7. The number of carbonyl (C=O) groups excluding carboxylic acids is 2. The van der Waals surface area contributed by atoms with Crippen LogP contribution in [0.25, 0.3) is 11.3 Å². The van der Waals surface area contributed by atoms with Crippen LogP contribution in [-0.2, 0) is 4.79 Å². The maximum atomic E-state index is 12.7. The number of nitrogens with one attached hydrogen (secondary N) is 3. The monoisotopic (exact) mass is 589 g/mol. The SMILES string of the molecule is Cc1ccc(Nc2nc(-c3ccc(C(=O)N/N=C/c4ccccc4OCC(=O)Nc4ccc(C)c(C)c4)cc3)cs2)cc1. The quantitative estimate of drug-likeness (QED) is 0.117. The van der Waals surface area contributed by atoms with Gasteiger partial charge in [-0.3, -0.25) is 9.59 Å². The standard InChI is InChI=1S/C34H31N5O3S/c1-22-8-15-28(16-9-22)37-34-38-30(21-43-34)25-11-13-26(14-12-25)33(41)39-35-19-27-6-4-5-7-31(27)42-20-32(40)36-29-17-10-23(2)24(3)18-29/h4-19,21H,20H2,1-3H3,(H,36,40)(H,37,38)(H,39,41)/b35-19+. The average molecular weight is 590 g/mol. The lowest BCUT2D eigenvalue weighted by atomic mass is 10.1. The zero-order valence-electron chi connectivity index (χ0n) is 24.0. The van der Waals surface area contributed by atoms with Crippen molar-refractivity contribution in [2.24, 2.45) is 5.10 Å². The van der Waals surface area contributed by atoms with E-state index in [0.29, 0.717) is 22.6 Å². The zero-order chi connectivity index (χ0) is 30.2. The van der Waals surface area contributed by atoms with Crippen LogP contribution in [0.15, 0.2) is 101 Å². The third kappa shape index (κ3) is 7.93. The van der Waals surface area contributed by atoms with Crippen LogP contribution < -0.4 is 20.8 Å². The summed E-state index contributed by atoms with van der Waals surface area (Å²) in [5.41, 5.74) is 10.5. The van der Waals surface area contributed by atoms with E-state index < -0.39 is 0 Å². The van der Waals surface area contributed by atoms with Gasteiger partial charge in [-0.2, -0.15) is 5.10 Å². The molecule has 43 heavy (non-hydrogen) atoms. The Morgan fingerprint density at radius 1 is 0.884 bits per heavy atom. The van der Waals surface area contributed by atoms with Crippen LogP contribution in [0.5, 0.6) is 5.75 Å². The molecule has 0 fully saturated rings. The van der Waals surface area contributed by atoms with Crippen molar-refractivity contribution in [3.05, 3.63) is 124 Å². The number of ether oxygens (including phenoxy) is 1. The predicted octanol–water partition coefficient (Wildman–Crippen LogP) is 7.26. The van der Waals surface area contributed by atoms with E-state index in [9.17, 15) is 9.59 Å². The first kappa shape index (κ1) is 29.2. The van der Waals surface area contributed by atoms with Gasteiger partial charge in [-0.15, -0.1) is 11.3 Å². The number of benzene rings is 4. The predicted molar refractivity (Wildman–Crippen MR) is 174 cm³/mol. The van der Waals surface area contributed by atoms with Crippen LogP contribution in [0.3, 0.4) is 0 Å². The van der Waals surface area contributed by atoms with Crippen molar-refractivity contribution in [2.45, 2.75) is 20.8 Å². The van der Waals surface area contributed by atoms with Gasteiger partial charge in [0.1, 0.15) is 5.75 Å². The average Bonchev–Trinajstić information content (AvgIpc) is 3.48. The van der Waals surface area contributed by atoms with Gasteiger partial charge in [0.15, 0.2) is 11.7 Å². The van der Waals surface area contributed by atoms with E-state index in [1.54, 1.807) is 30.3 Å². The van der Waals surface area contributed by atoms with Gasteiger partial charge in [0.25, 0.3) is 11.8 Å². The summed E-state index contributed by atoms with van der Waals surface area (Å²) in [4.78, 5) is 29.8. The minimum Gasteiger partial charge on any atom is -0.483 e. The molecule has 0 radical (unpaired) electrons. The zero-order valence-corrected chi connectivity index (χ0v) is 24.9. The van der Waals surface area contributed by atoms with E-state index in [1.165, 1.54) is 23.1 Å². The number of anilines is 3. The van der Waals surface area contributed by atoms with Crippen LogP contribution >= 0.6 is 11.3 Å². The van der Waals surface area contributed by atoms with Gasteiger partial charge in [0.05, 0.1) is 11.9 Å². The first-order valence-corrected chi connectivity index (χ1v) is 14.5. The summed E-state index contributed by atoms with van der Waals surface area (Å²) in [6.07, 6.45) is 1.49. The van der Waals surface area contributed by atoms with Crippen molar-refractivity contribution in [1.82, 2.24) is 10.4 Å². The van der Waals surface area contributed by atoms with Gasteiger partial charge < -0.3 is 15.4 Å². The minimum atomic E-state index is -0.353. The summed E-state index contributed by atoms with van der Waals surface area (Å²) in [6.45, 7) is 5.90. The maximum Gasteiger partial charge on any atom is 0.271 e. The van der Waals surface area contributed by atoms with E-state index in [0.717, 1.165) is 33.2 Å². The van der Waals surface area contributed by atoms with Crippen LogP contribution in [0.1, 0.15) is 32.6 Å². The molecule has 216 valence electrons. The van der Waals surface area contributed by atoms with Gasteiger partial charge in [0.2, 0.25) is 0 Å². The molecule has 5 aromatic rings. The molecular formula is C34H31N5O3S. The molecule has 4 aromatic carbocycles. The summed E-state index contributed by atoms with van der Waals surface area (Å²) in [5, 5.41) is 13.0. The Bertz CT molecular complexity index is 1760. The van der Waals surface area contributed by atoms with E-state index >= 15 is 0 Å². The molecule has 0 aliphatic heterocycles. The summed E-state index contributed by atoms with van der Waals surface area (Å²) in [7, 11) is 0. The van der Waals surface area contributed by atoms with E-state index in [1.807, 2.05) is 79.9 Å². The Labute approximate surface area is 254 Å². The number of hydrogen-bond donors (Lipinski definition) is 3. The number of nitrogens with zero attached hydrogens (tertiary/aromatic N) is 2. The molecule has 0 unspecified atom stereocenters. The molecule has 8 nitrogen and oxygen atoms in total. The lowest BCUT2D eigenvalue weighted by Gasteiger charge is -2.10. The van der Waals surface area contributed by atoms with Crippen LogP contribution in [0, 0.1) is 20.8 Å². The maximum absolute atomic E-state index is 12.7. The second kappa shape index (κ2) is 13.6. The number of aryl methyl sites for hydroxylation is 3. The minimum absolute atomic E-state index is 0.168. The van der Waals surface area contributed by atoms with Crippen LogP contribution in [0.2, 0.25) is 0 Å². The molecule has 0 atom stereocenters. The molecule has 0 saturated heterocycles. The van der Waals surface area contributed by atoms with Crippen molar-refractivity contribution in [2.75, 3.05) is 17.2 Å². The van der Waals surface area contributed by atoms with Gasteiger partial charge in [-0.05, 0) is 80.4 Å². The first-order chi connectivity index (χ1) is 20.8. The van der Waals surface area contributed by atoms with Crippen LogP contribution in [0.4, 0.5) is 16.5 Å². The molecule has 0 saturated carbocycles. The van der Waals surface area contributed by atoms with E-state index in [-0.39, 0.29) is 18.4 Å². The lowest BCUT2D eigenvalue weighted by Crippen LogP contribution is -2.20. The van der Waals surface area contributed by atoms with Gasteiger partial charge in [0, 0.05) is 33.4 Å². The fraction of sp³-hybridized carbons (Fsp3) is 0.118. The fourth-order valence-electron chi connectivity index (χ4n) is 4.12. The Balaban J connectivity index is 1.14. The number of aromatic nitrogens is 1. The molecule has 1 aromatic heterocycles. The summed E-state index contributed by atoms with van der Waals surface area (Å²) in [5.74, 6) is -0.156. The summed E-state index contributed by atoms with van der Waals surface area (Å²) in [6, 6.07) is 28.2. The highest BCUT2D eigenvalue weighted by Crippen LogP contribution is 2.27. The third-order valence-corrected chi connectivity index (χ3v) is 7.45. The molecule has 5 rings (SSSR count). The lowest BCUT2D eigenvalue weighted by molar-refractivity contribution is -0.118. The van der Waals surface area contributed by atoms with Gasteiger partial charge in [-0.1, -0.05) is 48.0 Å². The second-order valence-electron chi connectivity index (χ2n) is 9.98. The number of thiazole rings is 1. The van der Waals surface area contributed by atoms with Gasteiger partial charge >= 0.3 is 0 Å². The Hall–Kier alpha value is -5.28. The van der Waals surface area contributed by atoms with E-state index in [2.05, 4.69) is 33.1 Å². The van der Waals surface area contributed by atoms with Crippen LogP contribution in [-0.4, -0.2) is 29.6 Å². The molecule has 0 aliphatic carbocycles. The summed E-state index contributed by atoms with van der Waals surface area (Å²) >= 11 is 1.52. The molecule has 9 heteroatoms.